The van der Waals surface area contributed by atoms with Gasteiger partial charge >= 0.3 is 0 Å². The van der Waals surface area contributed by atoms with Crippen LogP contribution in [-0.2, 0) is 10.0 Å². The van der Waals surface area contributed by atoms with E-state index in [0.29, 0.717) is 26.2 Å². The molecule has 0 aliphatic carbocycles. The first kappa shape index (κ1) is 16.7. The summed E-state index contributed by atoms with van der Waals surface area (Å²) in [6, 6.07) is 17.8. The summed E-state index contributed by atoms with van der Waals surface area (Å²) in [6.45, 7) is 4.51. The highest BCUT2D eigenvalue weighted by atomic mass is 32.2. The molecule has 0 unspecified atom stereocenters. The summed E-state index contributed by atoms with van der Waals surface area (Å²) in [7, 11) is -3.37. The third-order valence-corrected chi connectivity index (χ3v) is 5.76. The van der Waals surface area contributed by atoms with Gasteiger partial charge in [0.1, 0.15) is 0 Å². The Balaban J connectivity index is 1.64. The minimum atomic E-state index is -3.37. The molecular weight excluding hydrogens is 320 g/mol. The van der Waals surface area contributed by atoms with Crippen molar-refractivity contribution in [1.29, 1.82) is 0 Å². The highest BCUT2D eigenvalue weighted by molar-refractivity contribution is 7.92. The van der Waals surface area contributed by atoms with Gasteiger partial charge in [0.15, 0.2) is 0 Å². The van der Waals surface area contributed by atoms with E-state index in [2.05, 4.69) is 30.0 Å². The fraction of sp³-hybridized carbons (Fsp3) is 0.263. The summed E-state index contributed by atoms with van der Waals surface area (Å²) in [4.78, 5) is 2.24. The Morgan fingerprint density at radius 1 is 0.917 bits per heavy atom. The molecule has 1 aliphatic heterocycles. The summed E-state index contributed by atoms with van der Waals surface area (Å²) >= 11 is 0. The van der Waals surface area contributed by atoms with Gasteiger partial charge in [0.2, 0.25) is 10.0 Å². The van der Waals surface area contributed by atoms with Crippen molar-refractivity contribution in [2.24, 2.45) is 0 Å². The van der Waals surface area contributed by atoms with Crippen LogP contribution >= 0.6 is 0 Å². The Hall–Kier alpha value is -2.11. The van der Waals surface area contributed by atoms with Crippen LogP contribution in [0.4, 0.5) is 5.69 Å². The fourth-order valence-corrected chi connectivity index (χ4v) is 4.01. The molecule has 0 aromatic heterocycles. The van der Waals surface area contributed by atoms with Crippen molar-refractivity contribution in [3.63, 3.8) is 0 Å². The number of rotatable bonds is 4. The number of piperazine rings is 1. The molecule has 2 aromatic carbocycles. The average molecular weight is 342 g/mol. The largest absolute Gasteiger partial charge is 0.369 e. The van der Waals surface area contributed by atoms with Crippen LogP contribution in [0.5, 0.6) is 0 Å². The number of nitrogens with zero attached hydrogens (tertiary/aromatic N) is 2. The lowest BCUT2D eigenvalue weighted by Gasteiger charge is -2.35. The van der Waals surface area contributed by atoms with Gasteiger partial charge in [0, 0.05) is 37.3 Å². The molecule has 1 fully saturated rings. The van der Waals surface area contributed by atoms with Gasteiger partial charge in [-0.25, -0.2) is 8.42 Å². The maximum Gasteiger partial charge on any atom is 0.236 e. The van der Waals surface area contributed by atoms with E-state index >= 15 is 0 Å². The lowest BCUT2D eigenvalue weighted by Crippen LogP contribution is -2.48. The van der Waals surface area contributed by atoms with Crippen LogP contribution in [0.1, 0.15) is 11.1 Å². The number of hydrogen-bond acceptors (Lipinski definition) is 3. The van der Waals surface area contributed by atoms with Crippen molar-refractivity contribution in [2.45, 2.75) is 6.92 Å². The maximum atomic E-state index is 12.5. The highest BCUT2D eigenvalue weighted by Gasteiger charge is 2.25. The van der Waals surface area contributed by atoms with Gasteiger partial charge in [0.05, 0.1) is 0 Å². The zero-order valence-corrected chi connectivity index (χ0v) is 14.6. The molecule has 0 amide bonds. The maximum absolute atomic E-state index is 12.5. The molecule has 1 heterocycles. The first-order chi connectivity index (χ1) is 11.5. The fourth-order valence-electron chi connectivity index (χ4n) is 2.84. The molecule has 0 radical (unpaired) electrons. The molecule has 1 saturated heterocycles. The van der Waals surface area contributed by atoms with Crippen LogP contribution in [0.15, 0.2) is 60.0 Å². The van der Waals surface area contributed by atoms with E-state index in [4.69, 9.17) is 0 Å². The Morgan fingerprint density at radius 2 is 1.62 bits per heavy atom. The lowest BCUT2D eigenvalue weighted by molar-refractivity contribution is 0.390. The minimum absolute atomic E-state index is 0.509. The van der Waals surface area contributed by atoms with E-state index in [0.717, 1.165) is 11.3 Å². The zero-order chi connectivity index (χ0) is 17.0. The van der Waals surface area contributed by atoms with Crippen LogP contribution < -0.4 is 4.90 Å². The summed E-state index contributed by atoms with van der Waals surface area (Å²) in [6.07, 6.45) is 1.66. The number of hydrogen-bond donors (Lipinski definition) is 0. The van der Waals surface area contributed by atoms with E-state index in [-0.39, 0.29) is 0 Å². The Bertz CT molecular complexity index is 808. The standard InChI is InChI=1S/C19H22N2O2S/c1-17-6-5-9-19(16-17)20-11-13-21(14-12-20)24(22,23)15-10-18-7-3-2-4-8-18/h2-10,15-16H,11-14H2,1H3/b15-10+. The molecule has 126 valence electrons. The third kappa shape index (κ3) is 4.04. The van der Waals surface area contributed by atoms with Gasteiger partial charge in [-0.15, -0.1) is 0 Å². The van der Waals surface area contributed by atoms with E-state index in [1.807, 2.05) is 36.4 Å². The van der Waals surface area contributed by atoms with Gasteiger partial charge in [0.25, 0.3) is 0 Å². The zero-order valence-electron chi connectivity index (χ0n) is 13.8. The molecule has 24 heavy (non-hydrogen) atoms. The second-order valence-corrected chi connectivity index (χ2v) is 7.80. The molecule has 2 aromatic rings. The monoisotopic (exact) mass is 342 g/mol. The topological polar surface area (TPSA) is 40.6 Å². The van der Waals surface area contributed by atoms with Crippen molar-refractivity contribution in [2.75, 3.05) is 31.1 Å². The molecule has 0 saturated carbocycles. The molecule has 4 nitrogen and oxygen atoms in total. The molecule has 0 N–H and O–H groups in total. The first-order valence-corrected chi connectivity index (χ1v) is 9.60. The van der Waals surface area contributed by atoms with Gasteiger partial charge < -0.3 is 4.90 Å². The van der Waals surface area contributed by atoms with Crippen molar-refractivity contribution in [3.8, 4) is 0 Å². The van der Waals surface area contributed by atoms with Gasteiger partial charge in [-0.2, -0.15) is 4.31 Å². The van der Waals surface area contributed by atoms with Gasteiger partial charge in [-0.1, -0.05) is 42.5 Å². The Kier molecular flexibility index (Phi) is 5.02. The first-order valence-electron chi connectivity index (χ1n) is 8.09. The number of aryl methyl sites for hydroxylation is 1. The second-order valence-electron chi connectivity index (χ2n) is 5.98. The molecular formula is C19H22N2O2S. The van der Waals surface area contributed by atoms with Gasteiger partial charge in [-0.05, 0) is 36.3 Å². The van der Waals surface area contributed by atoms with Crippen molar-refractivity contribution in [3.05, 3.63) is 71.1 Å². The summed E-state index contributed by atoms with van der Waals surface area (Å²) in [5.41, 5.74) is 3.26. The SMILES string of the molecule is Cc1cccc(N2CCN(S(=O)(=O)/C=C/c3ccccc3)CC2)c1. The average Bonchev–Trinajstić information content (AvgIpc) is 2.61. The number of benzene rings is 2. The van der Waals surface area contributed by atoms with Crippen LogP contribution in [-0.4, -0.2) is 38.9 Å². The molecule has 0 atom stereocenters. The molecule has 0 spiro atoms. The van der Waals surface area contributed by atoms with Crippen LogP contribution in [0.25, 0.3) is 6.08 Å². The predicted octanol–water partition coefficient (Wildman–Crippen LogP) is 3.12. The van der Waals surface area contributed by atoms with Crippen LogP contribution in [0.3, 0.4) is 0 Å². The second kappa shape index (κ2) is 7.20. The minimum Gasteiger partial charge on any atom is -0.369 e. The summed E-state index contributed by atoms with van der Waals surface area (Å²) < 4.78 is 26.5. The van der Waals surface area contributed by atoms with Crippen molar-refractivity contribution >= 4 is 21.8 Å². The molecule has 1 aliphatic rings. The summed E-state index contributed by atoms with van der Waals surface area (Å²) in [5.74, 6) is 0. The quantitative estimate of drug-likeness (QED) is 0.857. The van der Waals surface area contributed by atoms with E-state index in [1.54, 1.807) is 10.4 Å². The van der Waals surface area contributed by atoms with Crippen LogP contribution in [0, 0.1) is 6.92 Å². The van der Waals surface area contributed by atoms with E-state index in [1.165, 1.54) is 11.0 Å². The predicted molar refractivity (Wildman–Crippen MR) is 99.4 cm³/mol. The molecule has 0 bridgehead atoms. The van der Waals surface area contributed by atoms with E-state index < -0.39 is 10.0 Å². The van der Waals surface area contributed by atoms with Crippen LogP contribution in [0.2, 0.25) is 0 Å². The molecule has 3 rings (SSSR count). The Labute approximate surface area is 144 Å². The molecule has 5 heteroatoms. The summed E-state index contributed by atoms with van der Waals surface area (Å²) in [5, 5.41) is 1.31. The number of sulfonamides is 1. The highest BCUT2D eigenvalue weighted by Crippen LogP contribution is 2.19. The number of anilines is 1. The van der Waals surface area contributed by atoms with Crippen molar-refractivity contribution < 1.29 is 8.42 Å². The Morgan fingerprint density at radius 3 is 2.29 bits per heavy atom. The smallest absolute Gasteiger partial charge is 0.236 e. The van der Waals surface area contributed by atoms with Crippen molar-refractivity contribution in [1.82, 2.24) is 4.31 Å². The third-order valence-electron chi connectivity index (χ3n) is 4.20. The van der Waals surface area contributed by atoms with Gasteiger partial charge in [-0.3, -0.25) is 0 Å². The van der Waals surface area contributed by atoms with E-state index in [9.17, 15) is 8.42 Å². The normalized spacial score (nSPS) is 16.6. The lowest BCUT2D eigenvalue weighted by atomic mass is 10.2.